The minimum absolute atomic E-state index is 0. The van der Waals surface area contributed by atoms with Crippen LogP contribution in [0.1, 0.15) is 10.4 Å². The number of aldehydes is 1. The van der Waals surface area contributed by atoms with Crippen LogP contribution in [-0.4, -0.2) is 59.5 Å². The SMILES string of the molecule is O=Cc1ccccc1O.O=S(=O)(O)C(F)(F)C(F)(F)C(F)(F)C(F)(F)C(F)(F)C(F)(F)F.[Zr]. The number of para-hydroxylation sites is 1. The van der Waals surface area contributed by atoms with E-state index in [-0.39, 0.29) is 32.0 Å². The van der Waals surface area contributed by atoms with E-state index in [1.807, 2.05) is 0 Å². The molecule has 5 nitrogen and oxygen atoms in total. The van der Waals surface area contributed by atoms with E-state index >= 15 is 0 Å². The van der Waals surface area contributed by atoms with Crippen molar-refractivity contribution in [3.05, 3.63) is 29.8 Å². The second kappa shape index (κ2) is 10.1. The summed E-state index contributed by atoms with van der Waals surface area (Å²) >= 11 is 0. The largest absolute Gasteiger partial charge is 0.507 e. The molecule has 0 radical (unpaired) electrons. The van der Waals surface area contributed by atoms with E-state index < -0.39 is 45.2 Å². The van der Waals surface area contributed by atoms with Crippen LogP contribution in [0.3, 0.4) is 0 Å². The fourth-order valence-corrected chi connectivity index (χ4v) is 1.96. The number of phenolic OH excluding ortho intramolecular Hbond substituents is 1. The van der Waals surface area contributed by atoms with Gasteiger partial charge in [0.2, 0.25) is 0 Å². The minimum atomic E-state index is -8.25. The van der Waals surface area contributed by atoms with Crippen molar-refractivity contribution in [2.75, 3.05) is 0 Å². The molecule has 1 aromatic rings. The molecule has 0 fully saturated rings. The fourth-order valence-electron chi connectivity index (χ4n) is 1.50. The Kier molecular flexibility index (Phi) is 10.3. The second-order valence-corrected chi connectivity index (χ2v) is 6.93. The van der Waals surface area contributed by atoms with Gasteiger partial charge < -0.3 is 5.11 Å². The number of halogens is 13. The summed E-state index contributed by atoms with van der Waals surface area (Å²) in [6.45, 7) is 0. The summed E-state index contributed by atoms with van der Waals surface area (Å²) in [4.78, 5) is 10.1. The van der Waals surface area contributed by atoms with Crippen LogP contribution < -0.4 is 0 Å². The topological polar surface area (TPSA) is 91.7 Å². The Hall–Kier alpha value is -1.43. The molecule has 0 heterocycles. The molecule has 0 aliphatic rings. The number of carbonyl (C=O) groups is 1. The van der Waals surface area contributed by atoms with Crippen LogP contribution >= 0.6 is 0 Å². The molecule has 0 atom stereocenters. The molecule has 2 N–H and O–H groups in total. The van der Waals surface area contributed by atoms with Crippen molar-refractivity contribution in [1.29, 1.82) is 0 Å². The maximum atomic E-state index is 12.7. The van der Waals surface area contributed by atoms with Crippen LogP contribution in [0, 0.1) is 0 Å². The van der Waals surface area contributed by atoms with Gasteiger partial charge in [-0.05, 0) is 12.1 Å². The predicted molar refractivity (Wildman–Crippen MR) is 75.8 cm³/mol. The first-order valence-electron chi connectivity index (χ1n) is 7.00. The summed E-state index contributed by atoms with van der Waals surface area (Å²) < 4.78 is 188. The Morgan fingerprint density at radius 2 is 1.06 bits per heavy atom. The van der Waals surface area contributed by atoms with Gasteiger partial charge in [0.15, 0.2) is 6.29 Å². The molecule has 20 heteroatoms. The second-order valence-electron chi connectivity index (χ2n) is 5.46. The zero-order valence-electron chi connectivity index (χ0n) is 14.8. The zero-order valence-corrected chi connectivity index (χ0v) is 18.1. The van der Waals surface area contributed by atoms with Crippen molar-refractivity contribution < 1.29 is 106 Å². The minimum Gasteiger partial charge on any atom is -0.507 e. The van der Waals surface area contributed by atoms with E-state index in [0.29, 0.717) is 11.8 Å². The standard InChI is InChI=1S/C7H6O2.C6HF13O3S.Zr/c8-5-6-3-1-2-4-7(6)9;7-1(8,3(11,12)5(15,16)17)2(9,10)4(13,14)6(18,19)23(20,21)22;/h1-5,9H;(H,20,21,22);. The van der Waals surface area contributed by atoms with E-state index in [2.05, 4.69) is 0 Å². The van der Waals surface area contributed by atoms with Crippen molar-refractivity contribution in [1.82, 2.24) is 0 Å². The molecular weight excluding hydrogens is 606 g/mol. The first-order valence-corrected chi connectivity index (χ1v) is 8.44. The molecular formula is C13H7F13O5SZr. The van der Waals surface area contributed by atoms with E-state index in [9.17, 15) is 70.3 Å². The molecule has 1 rings (SSSR count). The summed E-state index contributed by atoms with van der Waals surface area (Å²) in [6.07, 6.45) is -6.97. The van der Waals surface area contributed by atoms with Crippen LogP contribution in [0.15, 0.2) is 24.3 Å². The van der Waals surface area contributed by atoms with Crippen molar-refractivity contribution in [3.63, 3.8) is 0 Å². The summed E-state index contributed by atoms with van der Waals surface area (Å²) in [6, 6.07) is 6.40. The van der Waals surface area contributed by atoms with Crippen LogP contribution in [0.4, 0.5) is 57.1 Å². The summed E-state index contributed by atoms with van der Waals surface area (Å²) in [5, 5.41) is 1.36. The van der Waals surface area contributed by atoms with Crippen LogP contribution in [-0.2, 0) is 36.3 Å². The van der Waals surface area contributed by atoms with Crippen LogP contribution in [0.5, 0.6) is 5.75 Å². The number of alkyl halides is 13. The number of aromatic hydroxyl groups is 1. The van der Waals surface area contributed by atoms with Gasteiger partial charge in [0.05, 0.1) is 5.56 Å². The fraction of sp³-hybridized carbons (Fsp3) is 0.462. The van der Waals surface area contributed by atoms with Crippen molar-refractivity contribution in [2.45, 2.75) is 35.1 Å². The van der Waals surface area contributed by atoms with Gasteiger partial charge in [-0.3, -0.25) is 9.35 Å². The van der Waals surface area contributed by atoms with Gasteiger partial charge in [0, 0.05) is 26.2 Å². The van der Waals surface area contributed by atoms with E-state index in [1.165, 1.54) is 6.07 Å². The Labute approximate surface area is 193 Å². The maximum absolute atomic E-state index is 12.7. The third kappa shape index (κ3) is 5.81. The Morgan fingerprint density at radius 3 is 1.33 bits per heavy atom. The zero-order chi connectivity index (χ0) is 26.2. The van der Waals surface area contributed by atoms with E-state index in [4.69, 9.17) is 9.66 Å². The van der Waals surface area contributed by atoms with Gasteiger partial charge >= 0.3 is 45.2 Å². The number of hydrogen-bond donors (Lipinski definition) is 2. The van der Waals surface area contributed by atoms with E-state index in [0.717, 1.165) is 0 Å². The number of rotatable bonds is 6. The van der Waals surface area contributed by atoms with Gasteiger partial charge in [0.25, 0.3) is 0 Å². The molecule has 0 saturated carbocycles. The number of carbonyl (C=O) groups excluding carboxylic acids is 1. The van der Waals surface area contributed by atoms with Gasteiger partial charge in [-0.2, -0.15) is 65.5 Å². The van der Waals surface area contributed by atoms with Crippen LogP contribution in [0.25, 0.3) is 0 Å². The quantitative estimate of drug-likeness (QED) is 0.274. The van der Waals surface area contributed by atoms with Gasteiger partial charge in [-0.1, -0.05) is 12.1 Å². The molecule has 0 unspecified atom stereocenters. The summed E-state index contributed by atoms with van der Waals surface area (Å²) in [7, 11) is -7.61. The first-order chi connectivity index (χ1) is 13.8. The molecule has 0 aromatic heterocycles. The number of hydrogen-bond acceptors (Lipinski definition) is 4. The van der Waals surface area contributed by atoms with Gasteiger partial charge in [-0.15, -0.1) is 0 Å². The average molecular weight is 613 g/mol. The molecule has 0 amide bonds. The van der Waals surface area contributed by atoms with Crippen molar-refractivity contribution >= 4 is 16.4 Å². The molecule has 1 aromatic carbocycles. The smallest absolute Gasteiger partial charge is 0.460 e. The summed E-state index contributed by atoms with van der Waals surface area (Å²) in [5.74, 6) is -32.4. The Balaban J connectivity index is 0. The average Bonchev–Trinajstić information content (AvgIpc) is 2.60. The molecule has 0 bridgehead atoms. The third-order valence-corrected chi connectivity index (χ3v) is 4.20. The van der Waals surface area contributed by atoms with E-state index in [1.54, 1.807) is 18.2 Å². The number of benzene rings is 1. The van der Waals surface area contributed by atoms with Crippen molar-refractivity contribution in [3.8, 4) is 5.75 Å². The van der Waals surface area contributed by atoms with Gasteiger partial charge in [0.1, 0.15) is 5.75 Å². The monoisotopic (exact) mass is 612 g/mol. The first kappa shape index (κ1) is 33.7. The Bertz CT molecular complexity index is 931. The van der Waals surface area contributed by atoms with Gasteiger partial charge in [-0.25, -0.2) is 0 Å². The third-order valence-electron chi connectivity index (χ3n) is 3.29. The molecule has 0 spiro atoms. The molecule has 33 heavy (non-hydrogen) atoms. The van der Waals surface area contributed by atoms with Crippen molar-refractivity contribution in [2.24, 2.45) is 0 Å². The van der Waals surface area contributed by atoms with Crippen LogP contribution in [0.2, 0.25) is 0 Å². The summed E-state index contributed by atoms with van der Waals surface area (Å²) in [5.41, 5.74) is 0.331. The predicted octanol–water partition coefficient (Wildman–Crippen LogP) is 4.77. The number of phenols is 1. The molecule has 0 saturated heterocycles. The normalized spacial score (nSPS) is 14.0. The molecule has 0 aliphatic carbocycles. The molecule has 190 valence electrons. The Morgan fingerprint density at radius 1 is 0.697 bits per heavy atom. The maximum Gasteiger partial charge on any atom is 0.460 e. The molecule has 0 aliphatic heterocycles.